The van der Waals surface area contributed by atoms with E-state index in [-0.39, 0.29) is 11.6 Å². The van der Waals surface area contributed by atoms with Crippen molar-refractivity contribution >= 4 is 6.09 Å². The molecule has 4 rings (SSSR count). The maximum absolute atomic E-state index is 12.9. The Kier molecular flexibility index (Phi) is 5.87. The zero-order valence-corrected chi connectivity index (χ0v) is 17.2. The van der Waals surface area contributed by atoms with E-state index in [1.807, 2.05) is 49.1 Å². The van der Waals surface area contributed by atoms with Crippen LogP contribution < -0.4 is 0 Å². The molecule has 7 heteroatoms. The highest BCUT2D eigenvalue weighted by Crippen LogP contribution is 2.33. The fourth-order valence-electron chi connectivity index (χ4n) is 4.31. The predicted molar refractivity (Wildman–Crippen MR) is 107 cm³/mol. The molecule has 1 aromatic carbocycles. The fourth-order valence-corrected chi connectivity index (χ4v) is 4.31. The lowest BCUT2D eigenvalue weighted by molar-refractivity contribution is -0.0872. The largest absolute Gasteiger partial charge is 0.445 e. The van der Waals surface area contributed by atoms with Crippen LogP contribution in [0.3, 0.4) is 0 Å². The van der Waals surface area contributed by atoms with E-state index in [1.54, 1.807) is 0 Å². The Balaban J connectivity index is 1.37. The smallest absolute Gasteiger partial charge is 0.410 e. The van der Waals surface area contributed by atoms with Crippen molar-refractivity contribution in [2.24, 2.45) is 0 Å². The standard InChI is InChI=1S/C22H29N3O4/c1-17-20(18(2)29-23-17)14-24-10-8-22(9-11-24)16-27-13-12-25(22)21(26)28-15-19-6-4-3-5-7-19/h3-7H,8-16H2,1-2H3. The van der Waals surface area contributed by atoms with Crippen molar-refractivity contribution in [3.8, 4) is 0 Å². The third kappa shape index (κ3) is 4.31. The second kappa shape index (κ2) is 8.55. The number of amides is 1. The average molecular weight is 399 g/mol. The van der Waals surface area contributed by atoms with Crippen molar-refractivity contribution in [2.75, 3.05) is 32.8 Å². The predicted octanol–water partition coefficient (Wildman–Crippen LogP) is 3.30. The number of morpholine rings is 1. The highest BCUT2D eigenvalue weighted by molar-refractivity contribution is 5.69. The molecule has 0 aliphatic carbocycles. The Morgan fingerprint density at radius 1 is 1.17 bits per heavy atom. The number of likely N-dealkylation sites (tertiary alicyclic amines) is 1. The number of rotatable bonds is 4. The van der Waals surface area contributed by atoms with Crippen molar-refractivity contribution in [3.05, 3.63) is 52.9 Å². The summed E-state index contributed by atoms with van der Waals surface area (Å²) in [6, 6.07) is 9.80. The number of aromatic nitrogens is 1. The first-order valence-electron chi connectivity index (χ1n) is 10.3. The summed E-state index contributed by atoms with van der Waals surface area (Å²) in [4.78, 5) is 17.2. The molecule has 2 saturated heterocycles. The molecule has 0 bridgehead atoms. The van der Waals surface area contributed by atoms with Gasteiger partial charge in [0.25, 0.3) is 0 Å². The summed E-state index contributed by atoms with van der Waals surface area (Å²) in [5.41, 5.74) is 2.84. The number of carbonyl (C=O) groups is 1. The van der Waals surface area contributed by atoms with E-state index in [1.165, 1.54) is 5.56 Å². The van der Waals surface area contributed by atoms with Crippen LogP contribution >= 0.6 is 0 Å². The van der Waals surface area contributed by atoms with Gasteiger partial charge in [-0.2, -0.15) is 0 Å². The van der Waals surface area contributed by atoms with E-state index >= 15 is 0 Å². The van der Waals surface area contributed by atoms with Crippen molar-refractivity contribution in [1.29, 1.82) is 0 Å². The van der Waals surface area contributed by atoms with Crippen molar-refractivity contribution in [2.45, 2.75) is 45.4 Å². The summed E-state index contributed by atoms with van der Waals surface area (Å²) in [6.45, 7) is 8.58. The monoisotopic (exact) mass is 399 g/mol. The van der Waals surface area contributed by atoms with Crippen LogP contribution in [0.25, 0.3) is 0 Å². The molecular weight excluding hydrogens is 370 g/mol. The van der Waals surface area contributed by atoms with Gasteiger partial charge < -0.3 is 14.0 Å². The minimum Gasteiger partial charge on any atom is -0.445 e. The summed E-state index contributed by atoms with van der Waals surface area (Å²) in [6.07, 6.45) is 1.50. The Morgan fingerprint density at radius 2 is 1.93 bits per heavy atom. The number of carbonyl (C=O) groups excluding carboxylic acids is 1. The van der Waals surface area contributed by atoms with Gasteiger partial charge in [-0.25, -0.2) is 4.79 Å². The van der Waals surface area contributed by atoms with Crippen molar-refractivity contribution in [3.63, 3.8) is 0 Å². The third-order valence-electron chi connectivity index (χ3n) is 6.18. The van der Waals surface area contributed by atoms with Crippen LogP contribution in [0, 0.1) is 13.8 Å². The number of benzene rings is 1. The fraction of sp³-hybridized carbons (Fsp3) is 0.545. The highest BCUT2D eigenvalue weighted by Gasteiger charge is 2.45. The molecule has 0 unspecified atom stereocenters. The molecule has 2 aromatic rings. The quantitative estimate of drug-likeness (QED) is 0.786. The van der Waals surface area contributed by atoms with Gasteiger partial charge in [0.1, 0.15) is 12.4 Å². The molecule has 2 aliphatic rings. The van der Waals surface area contributed by atoms with Gasteiger partial charge in [-0.05, 0) is 32.3 Å². The van der Waals surface area contributed by atoms with E-state index < -0.39 is 0 Å². The Bertz CT molecular complexity index is 808. The molecule has 0 N–H and O–H groups in total. The lowest BCUT2D eigenvalue weighted by Gasteiger charge is -2.50. The van der Waals surface area contributed by atoms with Gasteiger partial charge in [0, 0.05) is 31.7 Å². The SMILES string of the molecule is Cc1noc(C)c1CN1CCC2(CC1)COCCN2C(=O)OCc1ccccc1. The molecule has 7 nitrogen and oxygen atoms in total. The Hall–Kier alpha value is -2.38. The van der Waals surface area contributed by atoms with E-state index in [0.29, 0.717) is 26.4 Å². The van der Waals surface area contributed by atoms with Gasteiger partial charge >= 0.3 is 6.09 Å². The van der Waals surface area contributed by atoms with Crippen LogP contribution in [0.2, 0.25) is 0 Å². The van der Waals surface area contributed by atoms with Crippen molar-refractivity contribution < 1.29 is 18.8 Å². The molecule has 0 saturated carbocycles. The second-order valence-corrected chi connectivity index (χ2v) is 8.05. The zero-order chi connectivity index (χ0) is 20.3. The topological polar surface area (TPSA) is 68.0 Å². The van der Waals surface area contributed by atoms with Crippen LogP contribution in [0.5, 0.6) is 0 Å². The summed E-state index contributed by atoms with van der Waals surface area (Å²) < 4.78 is 16.7. The van der Waals surface area contributed by atoms with Gasteiger partial charge in [-0.15, -0.1) is 0 Å². The number of piperidine rings is 1. The number of aryl methyl sites for hydroxylation is 2. The number of hydrogen-bond donors (Lipinski definition) is 0. The molecule has 2 aliphatic heterocycles. The molecule has 3 heterocycles. The normalized spacial score (nSPS) is 19.4. The minimum absolute atomic E-state index is 0.240. The van der Waals surface area contributed by atoms with E-state index in [2.05, 4.69) is 10.1 Å². The summed E-state index contributed by atoms with van der Waals surface area (Å²) in [5.74, 6) is 0.884. The van der Waals surface area contributed by atoms with Gasteiger partial charge in [0.2, 0.25) is 0 Å². The maximum Gasteiger partial charge on any atom is 0.410 e. The van der Waals surface area contributed by atoms with Gasteiger partial charge in [0.15, 0.2) is 0 Å². The molecular formula is C22H29N3O4. The van der Waals surface area contributed by atoms with Gasteiger partial charge in [-0.1, -0.05) is 35.5 Å². The van der Waals surface area contributed by atoms with E-state index in [4.69, 9.17) is 14.0 Å². The first kappa shape index (κ1) is 19.9. The lowest BCUT2D eigenvalue weighted by Crippen LogP contribution is -2.63. The zero-order valence-electron chi connectivity index (χ0n) is 17.2. The molecule has 1 amide bonds. The maximum atomic E-state index is 12.9. The van der Waals surface area contributed by atoms with E-state index in [9.17, 15) is 4.79 Å². The Labute approximate surface area is 171 Å². The minimum atomic E-state index is -0.277. The molecule has 2 fully saturated rings. The molecule has 156 valence electrons. The van der Waals surface area contributed by atoms with Crippen LogP contribution in [0.15, 0.2) is 34.9 Å². The first-order chi connectivity index (χ1) is 14.1. The van der Waals surface area contributed by atoms with Gasteiger partial charge in [-0.3, -0.25) is 9.80 Å². The van der Waals surface area contributed by atoms with Crippen LogP contribution in [0.1, 0.15) is 35.4 Å². The summed E-state index contributed by atoms with van der Waals surface area (Å²) in [5, 5.41) is 4.05. The molecule has 29 heavy (non-hydrogen) atoms. The summed E-state index contributed by atoms with van der Waals surface area (Å²) >= 11 is 0. The van der Waals surface area contributed by atoms with Crippen molar-refractivity contribution in [1.82, 2.24) is 15.0 Å². The first-order valence-corrected chi connectivity index (χ1v) is 10.3. The van der Waals surface area contributed by atoms with Crippen LogP contribution in [-0.2, 0) is 22.6 Å². The Morgan fingerprint density at radius 3 is 2.62 bits per heavy atom. The molecule has 0 atom stereocenters. The number of hydrogen-bond acceptors (Lipinski definition) is 6. The number of ether oxygens (including phenoxy) is 2. The van der Waals surface area contributed by atoms with Crippen LogP contribution in [-0.4, -0.2) is 59.4 Å². The lowest BCUT2D eigenvalue weighted by atomic mass is 9.85. The van der Waals surface area contributed by atoms with E-state index in [0.717, 1.165) is 49.5 Å². The second-order valence-electron chi connectivity index (χ2n) is 8.05. The average Bonchev–Trinajstić information content (AvgIpc) is 3.07. The summed E-state index contributed by atoms with van der Waals surface area (Å²) in [7, 11) is 0. The highest BCUT2D eigenvalue weighted by atomic mass is 16.6. The molecule has 1 aromatic heterocycles. The van der Waals surface area contributed by atoms with Crippen LogP contribution in [0.4, 0.5) is 4.79 Å². The van der Waals surface area contributed by atoms with Gasteiger partial charge in [0.05, 0.1) is 24.4 Å². The molecule has 1 spiro atoms. The number of nitrogens with zero attached hydrogens (tertiary/aromatic N) is 3. The third-order valence-corrected chi connectivity index (χ3v) is 6.18. The molecule has 0 radical (unpaired) electrons.